The summed E-state index contributed by atoms with van der Waals surface area (Å²) in [6.45, 7) is 1.79. The van der Waals surface area contributed by atoms with Gasteiger partial charge in [0, 0.05) is 53.4 Å². The zero-order valence-corrected chi connectivity index (χ0v) is 13.9. The van der Waals surface area contributed by atoms with Crippen LogP contribution in [0, 0.1) is 6.92 Å². The van der Waals surface area contributed by atoms with Gasteiger partial charge in [-0.25, -0.2) is 4.68 Å². The largest absolute Gasteiger partial charge is 0.361 e. The number of aromatic amines is 1. The van der Waals surface area contributed by atoms with Gasteiger partial charge in [0.2, 0.25) is 0 Å². The number of pyridine rings is 1. The first-order valence-corrected chi connectivity index (χ1v) is 7.95. The summed E-state index contributed by atoms with van der Waals surface area (Å²) < 4.78 is 1.33. The molecule has 0 bridgehead atoms. The number of nitrogens with zero attached hydrogens (tertiary/aromatic N) is 3. The van der Waals surface area contributed by atoms with Gasteiger partial charge in [-0.1, -0.05) is 6.07 Å². The Labute approximate surface area is 144 Å². The van der Waals surface area contributed by atoms with E-state index in [1.165, 1.54) is 4.68 Å². The van der Waals surface area contributed by atoms with Crippen molar-refractivity contribution in [1.82, 2.24) is 19.7 Å². The van der Waals surface area contributed by atoms with Gasteiger partial charge in [-0.15, -0.1) is 0 Å². The maximum absolute atomic E-state index is 12.1. The Kier molecular flexibility index (Phi) is 3.57. The highest BCUT2D eigenvalue weighted by Gasteiger charge is 2.10. The molecule has 0 saturated carbocycles. The lowest BCUT2D eigenvalue weighted by Crippen LogP contribution is -2.22. The molecule has 25 heavy (non-hydrogen) atoms. The summed E-state index contributed by atoms with van der Waals surface area (Å²) in [5.41, 5.74) is 5.22. The molecule has 0 radical (unpaired) electrons. The summed E-state index contributed by atoms with van der Waals surface area (Å²) in [5.74, 6) is 0. The standard InChI is InChI=1S/C19H17N5O/c1-12-18(11-22-24(2)19(12)25)23-14-8-16(13-4-3-6-20-10-13)15-5-7-21-17(15)9-14/h3-11,21,23H,1-2H3. The van der Waals surface area contributed by atoms with Gasteiger partial charge >= 0.3 is 0 Å². The number of fused-ring (bicyclic) bond motifs is 1. The topological polar surface area (TPSA) is 75.6 Å². The van der Waals surface area contributed by atoms with Crippen molar-refractivity contribution in [2.24, 2.45) is 7.05 Å². The molecule has 0 amide bonds. The molecule has 0 fully saturated rings. The maximum Gasteiger partial charge on any atom is 0.271 e. The van der Waals surface area contributed by atoms with Crippen LogP contribution in [0.15, 0.2) is 59.9 Å². The van der Waals surface area contributed by atoms with E-state index in [4.69, 9.17) is 0 Å². The fourth-order valence-corrected chi connectivity index (χ4v) is 2.93. The highest BCUT2D eigenvalue weighted by Crippen LogP contribution is 2.32. The number of aryl methyl sites for hydroxylation is 1. The Hall–Kier alpha value is -3.41. The lowest BCUT2D eigenvalue weighted by Gasteiger charge is -2.12. The monoisotopic (exact) mass is 331 g/mol. The number of nitrogens with one attached hydrogen (secondary N) is 2. The first-order valence-electron chi connectivity index (χ1n) is 7.95. The first-order chi connectivity index (χ1) is 12.1. The third-order valence-electron chi connectivity index (χ3n) is 4.30. The number of benzene rings is 1. The lowest BCUT2D eigenvalue weighted by molar-refractivity contribution is 0.702. The predicted molar refractivity (Wildman–Crippen MR) is 99.0 cm³/mol. The van der Waals surface area contributed by atoms with E-state index < -0.39 is 0 Å². The molecule has 4 rings (SSSR count). The third kappa shape index (κ3) is 2.67. The molecular weight excluding hydrogens is 314 g/mol. The van der Waals surface area contributed by atoms with Crippen molar-refractivity contribution < 1.29 is 0 Å². The minimum Gasteiger partial charge on any atom is -0.361 e. The number of hydrogen-bond acceptors (Lipinski definition) is 4. The van der Waals surface area contributed by atoms with Gasteiger partial charge in [0.25, 0.3) is 5.56 Å². The Bertz CT molecular complexity index is 1110. The van der Waals surface area contributed by atoms with Crippen LogP contribution in [0.3, 0.4) is 0 Å². The van der Waals surface area contributed by atoms with E-state index in [9.17, 15) is 4.79 Å². The first kappa shape index (κ1) is 15.1. The second-order valence-electron chi connectivity index (χ2n) is 5.94. The Balaban J connectivity index is 1.84. The van der Waals surface area contributed by atoms with E-state index in [-0.39, 0.29) is 5.56 Å². The van der Waals surface area contributed by atoms with Crippen LogP contribution < -0.4 is 10.9 Å². The quantitative estimate of drug-likeness (QED) is 0.603. The summed E-state index contributed by atoms with van der Waals surface area (Å²) >= 11 is 0. The highest BCUT2D eigenvalue weighted by atomic mass is 16.1. The Morgan fingerprint density at radius 2 is 2.08 bits per heavy atom. The van der Waals surface area contributed by atoms with Crippen LogP contribution in [0.1, 0.15) is 5.56 Å². The Morgan fingerprint density at radius 3 is 2.88 bits per heavy atom. The van der Waals surface area contributed by atoms with Gasteiger partial charge in [0.05, 0.1) is 11.9 Å². The molecule has 3 aromatic heterocycles. The molecule has 0 spiro atoms. The zero-order chi connectivity index (χ0) is 17.4. The number of H-pyrrole nitrogens is 1. The predicted octanol–water partition coefficient (Wildman–Crippen LogP) is 3.38. The van der Waals surface area contributed by atoms with Crippen molar-refractivity contribution >= 4 is 22.3 Å². The van der Waals surface area contributed by atoms with Crippen molar-refractivity contribution in [2.75, 3.05) is 5.32 Å². The minimum atomic E-state index is -0.113. The average molecular weight is 331 g/mol. The zero-order valence-electron chi connectivity index (χ0n) is 13.9. The highest BCUT2D eigenvalue weighted by molar-refractivity contribution is 5.98. The minimum absolute atomic E-state index is 0.113. The van der Waals surface area contributed by atoms with E-state index in [1.54, 1.807) is 26.4 Å². The van der Waals surface area contributed by atoms with E-state index in [2.05, 4.69) is 26.4 Å². The molecule has 0 saturated heterocycles. The van der Waals surface area contributed by atoms with Gasteiger partial charge in [-0.3, -0.25) is 9.78 Å². The fraction of sp³-hybridized carbons (Fsp3) is 0.105. The van der Waals surface area contributed by atoms with Crippen molar-refractivity contribution in [3.63, 3.8) is 0 Å². The SMILES string of the molecule is Cc1c(Nc2cc(-c3cccnc3)c3cc[nH]c3c2)cnn(C)c1=O. The molecule has 6 nitrogen and oxygen atoms in total. The lowest BCUT2D eigenvalue weighted by atomic mass is 10.0. The number of anilines is 2. The molecule has 0 aliphatic heterocycles. The van der Waals surface area contributed by atoms with E-state index in [1.807, 2.05) is 36.7 Å². The van der Waals surface area contributed by atoms with Crippen LogP contribution in [0.2, 0.25) is 0 Å². The summed E-state index contributed by atoms with van der Waals surface area (Å²) in [4.78, 5) is 19.6. The fourth-order valence-electron chi connectivity index (χ4n) is 2.93. The second kappa shape index (κ2) is 5.90. The molecule has 4 aromatic rings. The molecule has 0 unspecified atom stereocenters. The molecule has 124 valence electrons. The van der Waals surface area contributed by atoms with E-state index >= 15 is 0 Å². The number of hydrogen-bond donors (Lipinski definition) is 2. The van der Waals surface area contributed by atoms with Crippen molar-refractivity contribution in [1.29, 1.82) is 0 Å². The van der Waals surface area contributed by atoms with Crippen molar-refractivity contribution in [2.45, 2.75) is 6.92 Å². The molecule has 0 aliphatic carbocycles. The van der Waals surface area contributed by atoms with Gasteiger partial charge in [0.1, 0.15) is 0 Å². The molecule has 0 atom stereocenters. The van der Waals surface area contributed by atoms with Crippen LogP contribution in [0.25, 0.3) is 22.0 Å². The molecule has 2 N–H and O–H groups in total. The normalized spacial score (nSPS) is 11.0. The molecular formula is C19H17N5O. The Morgan fingerprint density at radius 1 is 1.20 bits per heavy atom. The smallest absolute Gasteiger partial charge is 0.271 e. The van der Waals surface area contributed by atoms with Crippen LogP contribution in [0.5, 0.6) is 0 Å². The van der Waals surface area contributed by atoms with Gasteiger partial charge in [-0.2, -0.15) is 5.10 Å². The van der Waals surface area contributed by atoms with Crippen molar-refractivity contribution in [3.05, 3.63) is 71.0 Å². The third-order valence-corrected chi connectivity index (χ3v) is 4.30. The van der Waals surface area contributed by atoms with Gasteiger partial charge in [-0.05, 0) is 36.8 Å². The van der Waals surface area contributed by atoms with Crippen molar-refractivity contribution in [3.8, 4) is 11.1 Å². The molecule has 0 aliphatic rings. The maximum atomic E-state index is 12.1. The van der Waals surface area contributed by atoms with E-state index in [0.29, 0.717) is 11.3 Å². The van der Waals surface area contributed by atoms with Crippen LogP contribution in [-0.2, 0) is 7.05 Å². The molecule has 6 heteroatoms. The van der Waals surface area contributed by atoms with Crippen LogP contribution in [-0.4, -0.2) is 19.7 Å². The van der Waals surface area contributed by atoms with Crippen LogP contribution in [0.4, 0.5) is 11.4 Å². The number of aromatic nitrogens is 4. The average Bonchev–Trinajstić information content (AvgIpc) is 3.11. The molecule has 3 heterocycles. The summed E-state index contributed by atoms with van der Waals surface area (Å²) in [6.07, 6.45) is 7.18. The van der Waals surface area contributed by atoms with Crippen LogP contribution >= 0.6 is 0 Å². The van der Waals surface area contributed by atoms with E-state index in [0.717, 1.165) is 27.7 Å². The molecule has 1 aromatic carbocycles. The summed E-state index contributed by atoms with van der Waals surface area (Å²) in [5, 5.41) is 8.53. The van der Waals surface area contributed by atoms with Gasteiger partial charge < -0.3 is 10.3 Å². The summed E-state index contributed by atoms with van der Waals surface area (Å²) in [7, 11) is 1.64. The van der Waals surface area contributed by atoms with Gasteiger partial charge in [0.15, 0.2) is 0 Å². The number of rotatable bonds is 3. The second-order valence-corrected chi connectivity index (χ2v) is 5.94. The summed E-state index contributed by atoms with van der Waals surface area (Å²) in [6, 6.07) is 10.1.